The summed E-state index contributed by atoms with van der Waals surface area (Å²) >= 11 is 0. The Balaban J connectivity index is 2.05. The molecular formula is C29H42O3Si2. The van der Waals surface area contributed by atoms with Gasteiger partial charge in [-0.1, -0.05) is 108 Å². The minimum absolute atomic E-state index is 0.0874. The predicted octanol–water partition coefficient (Wildman–Crippen LogP) is 6.24. The monoisotopic (exact) mass is 494 g/mol. The van der Waals surface area contributed by atoms with Crippen LogP contribution in [0, 0.1) is 0 Å². The van der Waals surface area contributed by atoms with E-state index < -0.39 is 16.6 Å². The summed E-state index contributed by atoms with van der Waals surface area (Å²) in [6, 6.07) is 21.4. The molecule has 0 unspecified atom stereocenters. The molecule has 0 aromatic heterocycles. The van der Waals surface area contributed by atoms with E-state index in [1.807, 2.05) is 6.08 Å². The summed E-state index contributed by atoms with van der Waals surface area (Å²) < 4.78 is 14.1. The molecule has 3 nitrogen and oxygen atoms in total. The van der Waals surface area contributed by atoms with Crippen LogP contribution in [0.25, 0.3) is 0 Å². The fraction of sp³-hybridized carbons (Fsp3) is 0.483. The minimum atomic E-state index is -2.71. The third-order valence-corrected chi connectivity index (χ3v) is 17.0. The van der Waals surface area contributed by atoms with Crippen molar-refractivity contribution in [3.8, 4) is 0 Å². The van der Waals surface area contributed by atoms with Gasteiger partial charge >= 0.3 is 0 Å². The van der Waals surface area contributed by atoms with E-state index in [0.717, 1.165) is 0 Å². The Morgan fingerprint density at radius 3 is 1.71 bits per heavy atom. The maximum atomic E-state index is 12.7. The zero-order valence-electron chi connectivity index (χ0n) is 22.2. The van der Waals surface area contributed by atoms with E-state index in [0.29, 0.717) is 12.8 Å². The highest BCUT2D eigenvalue weighted by molar-refractivity contribution is 6.99. The Kier molecular flexibility index (Phi) is 7.93. The maximum absolute atomic E-state index is 12.7. The Hall–Kier alpha value is -1.80. The normalized spacial score (nSPS) is 20.3. The van der Waals surface area contributed by atoms with Crippen molar-refractivity contribution in [2.75, 3.05) is 0 Å². The maximum Gasteiger partial charge on any atom is 0.261 e. The van der Waals surface area contributed by atoms with Crippen LogP contribution in [0.4, 0.5) is 0 Å². The van der Waals surface area contributed by atoms with Crippen molar-refractivity contribution in [2.24, 2.45) is 0 Å². The van der Waals surface area contributed by atoms with Gasteiger partial charge in [0.05, 0.1) is 12.2 Å². The molecule has 184 valence electrons. The van der Waals surface area contributed by atoms with Crippen LogP contribution < -0.4 is 10.4 Å². The van der Waals surface area contributed by atoms with E-state index in [9.17, 15) is 4.79 Å². The molecule has 0 aliphatic heterocycles. The molecule has 0 fully saturated rings. The lowest BCUT2D eigenvalue weighted by atomic mass is 10.1. The standard InChI is InChI=1S/C29H42O3Si2/c1-28(2,3)33(7,8)31-25-21-23(30)19-20-24(22-25)32-34(29(4,5)6,26-15-11-9-12-16-26)27-17-13-10-14-18-27/h9-20,24-25H,21-22H2,1-8H3/t24-,25+/m0/s1. The molecular weight excluding hydrogens is 452 g/mol. The van der Waals surface area contributed by atoms with Crippen LogP contribution in [0.1, 0.15) is 54.4 Å². The van der Waals surface area contributed by atoms with Crippen LogP contribution >= 0.6 is 0 Å². The van der Waals surface area contributed by atoms with Crippen molar-refractivity contribution >= 4 is 32.8 Å². The summed E-state index contributed by atoms with van der Waals surface area (Å²) in [5.41, 5.74) is 0. The van der Waals surface area contributed by atoms with Gasteiger partial charge in [0.1, 0.15) is 0 Å². The largest absolute Gasteiger partial charge is 0.413 e. The molecule has 2 aromatic carbocycles. The lowest BCUT2D eigenvalue weighted by Crippen LogP contribution is -2.67. The Morgan fingerprint density at radius 1 is 0.765 bits per heavy atom. The lowest BCUT2D eigenvalue weighted by molar-refractivity contribution is -0.116. The SMILES string of the molecule is CC(C)(C)[Si](C)(C)O[C@@H]1CC(=O)C=C[C@H](O[Si](c2ccccc2)(c2ccccc2)C(C)(C)C)C1. The van der Waals surface area contributed by atoms with Gasteiger partial charge < -0.3 is 8.85 Å². The summed E-state index contributed by atoms with van der Waals surface area (Å²) in [5.74, 6) is 0.122. The zero-order chi connectivity index (χ0) is 25.2. The van der Waals surface area contributed by atoms with Crippen LogP contribution in [0.5, 0.6) is 0 Å². The highest BCUT2D eigenvalue weighted by Gasteiger charge is 2.51. The molecule has 1 aliphatic rings. The first-order chi connectivity index (χ1) is 15.8. The lowest BCUT2D eigenvalue weighted by Gasteiger charge is -2.45. The zero-order valence-corrected chi connectivity index (χ0v) is 24.2. The van der Waals surface area contributed by atoms with Gasteiger partial charge in [0.15, 0.2) is 14.1 Å². The minimum Gasteiger partial charge on any atom is -0.413 e. The summed E-state index contributed by atoms with van der Waals surface area (Å²) in [5, 5.41) is 2.47. The van der Waals surface area contributed by atoms with Gasteiger partial charge in [-0.25, -0.2) is 0 Å². The second kappa shape index (κ2) is 10.1. The fourth-order valence-electron chi connectivity index (χ4n) is 4.62. The van der Waals surface area contributed by atoms with Crippen LogP contribution in [-0.4, -0.2) is 34.6 Å². The van der Waals surface area contributed by atoms with E-state index in [4.69, 9.17) is 8.85 Å². The van der Waals surface area contributed by atoms with Gasteiger partial charge in [0, 0.05) is 12.8 Å². The van der Waals surface area contributed by atoms with E-state index in [1.54, 1.807) is 6.08 Å². The third kappa shape index (κ3) is 5.70. The Morgan fingerprint density at radius 2 is 1.26 bits per heavy atom. The van der Waals surface area contributed by atoms with Gasteiger partial charge in [0.2, 0.25) is 0 Å². The molecule has 2 atom stereocenters. The van der Waals surface area contributed by atoms with Gasteiger partial charge in [-0.15, -0.1) is 0 Å². The predicted molar refractivity (Wildman–Crippen MR) is 148 cm³/mol. The van der Waals surface area contributed by atoms with Crippen molar-refractivity contribution in [1.29, 1.82) is 0 Å². The molecule has 5 heteroatoms. The third-order valence-electron chi connectivity index (χ3n) is 7.43. The molecule has 0 heterocycles. The summed E-state index contributed by atoms with van der Waals surface area (Å²) in [6.07, 6.45) is 4.50. The van der Waals surface area contributed by atoms with Crippen molar-refractivity contribution in [3.63, 3.8) is 0 Å². The van der Waals surface area contributed by atoms with E-state index >= 15 is 0 Å². The number of benzene rings is 2. The first-order valence-electron chi connectivity index (χ1n) is 12.4. The Bertz CT molecular complexity index is 946. The molecule has 0 saturated carbocycles. The van der Waals surface area contributed by atoms with Crippen molar-refractivity contribution in [1.82, 2.24) is 0 Å². The van der Waals surface area contributed by atoms with E-state index in [1.165, 1.54) is 10.4 Å². The van der Waals surface area contributed by atoms with Gasteiger partial charge in [-0.3, -0.25) is 4.79 Å². The topological polar surface area (TPSA) is 35.5 Å². The van der Waals surface area contributed by atoms with Gasteiger partial charge in [-0.2, -0.15) is 0 Å². The highest BCUT2D eigenvalue weighted by Crippen LogP contribution is 2.40. The second-order valence-electron chi connectivity index (χ2n) is 12.1. The number of carbonyl (C=O) groups is 1. The summed E-state index contributed by atoms with van der Waals surface area (Å²) in [7, 11) is -4.73. The van der Waals surface area contributed by atoms with E-state index in [2.05, 4.69) is 115 Å². The second-order valence-corrected chi connectivity index (χ2v) is 21.1. The number of allylic oxidation sites excluding steroid dienone is 1. The number of carbonyl (C=O) groups excluding carboxylic acids is 1. The quantitative estimate of drug-likeness (QED) is 0.446. The van der Waals surface area contributed by atoms with Gasteiger partial charge in [-0.05, 0) is 39.6 Å². The van der Waals surface area contributed by atoms with Crippen molar-refractivity contribution in [2.45, 2.75) is 89.8 Å². The van der Waals surface area contributed by atoms with E-state index in [-0.39, 0.29) is 28.1 Å². The molecule has 0 amide bonds. The number of rotatable bonds is 6. The molecule has 0 saturated heterocycles. The van der Waals surface area contributed by atoms with Crippen LogP contribution in [0.15, 0.2) is 72.8 Å². The molecule has 34 heavy (non-hydrogen) atoms. The molecule has 0 bridgehead atoms. The molecule has 2 aromatic rings. The molecule has 1 aliphatic carbocycles. The Labute approximate surface area is 208 Å². The first-order valence-corrected chi connectivity index (χ1v) is 17.3. The molecule has 0 N–H and O–H groups in total. The molecule has 0 radical (unpaired) electrons. The van der Waals surface area contributed by atoms with Crippen molar-refractivity contribution in [3.05, 3.63) is 72.8 Å². The number of hydrogen-bond donors (Lipinski definition) is 0. The number of hydrogen-bond acceptors (Lipinski definition) is 3. The van der Waals surface area contributed by atoms with Crippen LogP contribution in [0.2, 0.25) is 23.2 Å². The highest BCUT2D eigenvalue weighted by atomic mass is 28.4. The average Bonchev–Trinajstić information content (AvgIpc) is 2.91. The first kappa shape index (κ1) is 26.8. The fourth-order valence-corrected chi connectivity index (χ4v) is 10.6. The smallest absolute Gasteiger partial charge is 0.261 e. The number of ketones is 1. The average molecular weight is 495 g/mol. The van der Waals surface area contributed by atoms with Gasteiger partial charge in [0.25, 0.3) is 8.32 Å². The summed E-state index contributed by atoms with van der Waals surface area (Å²) in [6.45, 7) is 18.1. The van der Waals surface area contributed by atoms with Crippen molar-refractivity contribution < 1.29 is 13.6 Å². The summed E-state index contributed by atoms with van der Waals surface area (Å²) in [4.78, 5) is 12.7. The molecule has 0 spiro atoms. The molecule has 3 rings (SSSR count). The van der Waals surface area contributed by atoms with Crippen LogP contribution in [0.3, 0.4) is 0 Å². The van der Waals surface area contributed by atoms with Crippen LogP contribution in [-0.2, 0) is 13.6 Å².